The van der Waals surface area contributed by atoms with Gasteiger partial charge in [-0.25, -0.2) is 0 Å². The number of likely N-dealkylation sites (tertiary alicyclic amines) is 1. The third-order valence-corrected chi connectivity index (χ3v) is 4.57. The molecule has 0 saturated carbocycles. The summed E-state index contributed by atoms with van der Waals surface area (Å²) in [7, 11) is 0. The van der Waals surface area contributed by atoms with Crippen LogP contribution >= 0.6 is 11.6 Å². The maximum absolute atomic E-state index is 12.8. The summed E-state index contributed by atoms with van der Waals surface area (Å²) in [6, 6.07) is 16.5. The molecule has 0 N–H and O–H groups in total. The maximum Gasteiger partial charge on any atom is 0.274 e. The van der Waals surface area contributed by atoms with Crippen LogP contribution in [0.25, 0.3) is 0 Å². The van der Waals surface area contributed by atoms with E-state index in [1.165, 1.54) is 4.90 Å². The molecule has 2 aliphatic rings. The average molecular weight is 341 g/mol. The van der Waals surface area contributed by atoms with Gasteiger partial charge in [0.15, 0.2) is 0 Å². The number of amides is 2. The van der Waals surface area contributed by atoms with E-state index in [2.05, 4.69) is 5.16 Å². The van der Waals surface area contributed by atoms with Crippen LogP contribution in [0, 0.1) is 5.92 Å². The molecule has 2 aromatic carbocycles. The first kappa shape index (κ1) is 14.9. The van der Waals surface area contributed by atoms with Gasteiger partial charge in [-0.1, -0.05) is 65.3 Å². The van der Waals surface area contributed by atoms with Gasteiger partial charge in [0, 0.05) is 10.6 Å². The maximum atomic E-state index is 12.8. The van der Waals surface area contributed by atoms with Crippen LogP contribution in [0.2, 0.25) is 5.02 Å². The Morgan fingerprint density at radius 1 is 1.00 bits per heavy atom. The first-order valence-electron chi connectivity index (χ1n) is 7.54. The predicted octanol–water partition coefficient (Wildman–Crippen LogP) is 2.63. The highest BCUT2D eigenvalue weighted by Crippen LogP contribution is 2.34. The van der Waals surface area contributed by atoms with Crippen LogP contribution in [0.15, 0.2) is 59.8 Å². The number of rotatable bonds is 3. The molecule has 1 fully saturated rings. The second-order valence-corrected chi connectivity index (χ2v) is 6.12. The monoisotopic (exact) mass is 340 g/mol. The van der Waals surface area contributed by atoms with E-state index >= 15 is 0 Å². The van der Waals surface area contributed by atoms with Gasteiger partial charge < -0.3 is 4.84 Å². The summed E-state index contributed by atoms with van der Waals surface area (Å²) in [5.41, 5.74) is 1.92. The Bertz CT molecular complexity index is 850. The topological polar surface area (TPSA) is 59.0 Å². The zero-order valence-corrected chi connectivity index (χ0v) is 13.3. The largest absolute Gasteiger partial charge is 0.381 e. The van der Waals surface area contributed by atoms with E-state index < -0.39 is 12.0 Å². The van der Waals surface area contributed by atoms with Gasteiger partial charge >= 0.3 is 0 Å². The molecular formula is C18H13ClN2O3. The second-order valence-electron chi connectivity index (χ2n) is 5.71. The first-order valence-corrected chi connectivity index (χ1v) is 7.92. The van der Waals surface area contributed by atoms with E-state index in [0.29, 0.717) is 16.3 Å². The van der Waals surface area contributed by atoms with Crippen molar-refractivity contribution in [2.45, 2.75) is 12.6 Å². The van der Waals surface area contributed by atoms with Gasteiger partial charge in [-0.15, -0.1) is 0 Å². The van der Waals surface area contributed by atoms with Crippen molar-refractivity contribution in [3.63, 3.8) is 0 Å². The number of imide groups is 1. The first-order chi connectivity index (χ1) is 11.7. The van der Waals surface area contributed by atoms with Crippen molar-refractivity contribution in [2.75, 3.05) is 0 Å². The number of benzene rings is 2. The molecule has 2 heterocycles. The Hall–Kier alpha value is -2.66. The second kappa shape index (κ2) is 5.76. The van der Waals surface area contributed by atoms with Gasteiger partial charge in [0.2, 0.25) is 12.0 Å². The van der Waals surface area contributed by atoms with Crippen LogP contribution in [-0.2, 0) is 21.0 Å². The standard InChI is InChI=1S/C18H13ClN2O3/c19-13-9-5-4-8-12(13)15-14-16(24-20-15)18(23)21(17(14)22)10-11-6-2-1-3-7-11/h1-9,14,16H,10H2/t14-,16+/m0/s1. The molecule has 0 aliphatic carbocycles. The normalized spacial score (nSPS) is 22.4. The van der Waals surface area contributed by atoms with Gasteiger partial charge in [-0.2, -0.15) is 0 Å². The number of halogens is 1. The van der Waals surface area contributed by atoms with Crippen LogP contribution in [0.1, 0.15) is 11.1 Å². The summed E-state index contributed by atoms with van der Waals surface area (Å²) >= 11 is 6.20. The number of carbonyl (C=O) groups is 2. The van der Waals surface area contributed by atoms with Gasteiger partial charge in [-0.3, -0.25) is 14.5 Å². The van der Waals surface area contributed by atoms with Crippen LogP contribution in [0.5, 0.6) is 0 Å². The van der Waals surface area contributed by atoms with Crippen molar-refractivity contribution in [1.82, 2.24) is 4.90 Å². The van der Waals surface area contributed by atoms with E-state index in [1.807, 2.05) is 30.3 Å². The van der Waals surface area contributed by atoms with Crippen LogP contribution in [0.4, 0.5) is 0 Å². The average Bonchev–Trinajstić information content (AvgIpc) is 3.13. The van der Waals surface area contributed by atoms with E-state index in [-0.39, 0.29) is 18.4 Å². The van der Waals surface area contributed by atoms with Crippen molar-refractivity contribution in [3.8, 4) is 0 Å². The summed E-state index contributed by atoms with van der Waals surface area (Å²) < 4.78 is 0. The number of nitrogens with zero attached hydrogens (tertiary/aromatic N) is 2. The smallest absolute Gasteiger partial charge is 0.274 e. The molecule has 0 unspecified atom stereocenters. The SMILES string of the molecule is O=C1[C@H]2C(c3ccccc3Cl)=NO[C@H]2C(=O)N1Cc1ccccc1. The van der Waals surface area contributed by atoms with Crippen LogP contribution in [-0.4, -0.2) is 28.5 Å². The minimum Gasteiger partial charge on any atom is -0.381 e. The van der Waals surface area contributed by atoms with Crippen molar-refractivity contribution in [1.29, 1.82) is 0 Å². The number of oxime groups is 1. The number of hydrogen-bond donors (Lipinski definition) is 0. The molecule has 2 aliphatic heterocycles. The zero-order chi connectivity index (χ0) is 16.7. The van der Waals surface area contributed by atoms with Gasteiger partial charge in [-0.05, 0) is 11.6 Å². The Balaban J connectivity index is 1.64. The Morgan fingerprint density at radius 2 is 1.71 bits per heavy atom. The molecule has 0 aromatic heterocycles. The Labute approximate surface area is 143 Å². The fourth-order valence-corrected chi connectivity index (χ4v) is 3.28. The minimum atomic E-state index is -0.896. The van der Waals surface area contributed by atoms with Crippen LogP contribution < -0.4 is 0 Å². The lowest BCUT2D eigenvalue weighted by Gasteiger charge is -2.15. The minimum absolute atomic E-state index is 0.227. The van der Waals surface area contributed by atoms with E-state index in [9.17, 15) is 9.59 Å². The number of fused-ring (bicyclic) bond motifs is 1. The molecule has 0 radical (unpaired) electrons. The molecule has 6 heteroatoms. The molecule has 4 rings (SSSR count). The van der Waals surface area contributed by atoms with Crippen LogP contribution in [0.3, 0.4) is 0 Å². The Morgan fingerprint density at radius 3 is 2.46 bits per heavy atom. The van der Waals surface area contributed by atoms with Crippen molar-refractivity contribution in [3.05, 3.63) is 70.7 Å². The van der Waals surface area contributed by atoms with E-state index in [1.54, 1.807) is 24.3 Å². The molecule has 1 saturated heterocycles. The summed E-state index contributed by atoms with van der Waals surface area (Å²) in [6.45, 7) is 0.227. The highest BCUT2D eigenvalue weighted by atomic mass is 35.5. The van der Waals surface area contributed by atoms with Crippen molar-refractivity contribution < 1.29 is 14.4 Å². The zero-order valence-electron chi connectivity index (χ0n) is 12.6. The molecule has 24 heavy (non-hydrogen) atoms. The number of carbonyl (C=O) groups excluding carboxylic acids is 2. The molecule has 2 amide bonds. The highest BCUT2D eigenvalue weighted by molar-refractivity contribution is 6.36. The molecule has 5 nitrogen and oxygen atoms in total. The molecule has 0 spiro atoms. The predicted molar refractivity (Wildman–Crippen MR) is 88.4 cm³/mol. The van der Waals surface area contributed by atoms with Gasteiger partial charge in [0.25, 0.3) is 5.91 Å². The van der Waals surface area contributed by atoms with E-state index in [4.69, 9.17) is 16.4 Å². The molecule has 2 atom stereocenters. The summed E-state index contributed by atoms with van der Waals surface area (Å²) in [4.78, 5) is 31.8. The molecular weight excluding hydrogens is 328 g/mol. The van der Waals surface area contributed by atoms with Gasteiger partial charge in [0.1, 0.15) is 11.6 Å². The number of hydrogen-bond acceptors (Lipinski definition) is 4. The fraction of sp³-hybridized carbons (Fsp3) is 0.167. The van der Waals surface area contributed by atoms with Crippen molar-refractivity contribution in [2.24, 2.45) is 11.1 Å². The Kier molecular flexibility index (Phi) is 3.58. The lowest BCUT2D eigenvalue weighted by atomic mass is 9.94. The molecule has 0 bridgehead atoms. The molecule has 2 aromatic rings. The quantitative estimate of drug-likeness (QED) is 0.807. The van der Waals surface area contributed by atoms with Gasteiger partial charge in [0.05, 0.1) is 6.54 Å². The van der Waals surface area contributed by atoms with Crippen molar-refractivity contribution >= 4 is 29.1 Å². The lowest BCUT2D eigenvalue weighted by molar-refractivity contribution is -0.142. The summed E-state index contributed by atoms with van der Waals surface area (Å²) in [5, 5.41) is 4.43. The fourth-order valence-electron chi connectivity index (χ4n) is 3.05. The third kappa shape index (κ3) is 2.29. The third-order valence-electron chi connectivity index (χ3n) is 4.24. The summed E-state index contributed by atoms with van der Waals surface area (Å²) in [6.07, 6.45) is -0.896. The lowest BCUT2D eigenvalue weighted by Crippen LogP contribution is -2.32. The highest BCUT2D eigenvalue weighted by Gasteiger charge is 2.55. The summed E-state index contributed by atoms with van der Waals surface area (Å²) in [5.74, 6) is -1.40. The van der Waals surface area contributed by atoms with E-state index in [0.717, 1.165) is 5.56 Å². The molecule has 120 valence electrons.